The number of aliphatic hydroxyl groups excluding tert-OH is 1. The van der Waals surface area contributed by atoms with E-state index in [2.05, 4.69) is 0 Å². The summed E-state index contributed by atoms with van der Waals surface area (Å²) in [6.45, 7) is 2.64. The number of rotatable bonds is 2. The number of ether oxygens (including phenoxy) is 2. The standard InChI is InChI=1S/C10H16O5/c1-6(11)14-9-3-8(13)4-10(5-9)15-7(2)12/h8-10,13H,3-5H2,1-2H3/t8?,9-,10+. The van der Waals surface area contributed by atoms with Crippen molar-refractivity contribution in [1.82, 2.24) is 0 Å². The van der Waals surface area contributed by atoms with Gasteiger partial charge in [-0.15, -0.1) is 0 Å². The molecule has 0 amide bonds. The number of esters is 2. The normalized spacial score (nSPS) is 30.7. The SMILES string of the molecule is CC(=O)O[C@@H]1CC(O)C[C@H](OC(C)=O)C1. The summed E-state index contributed by atoms with van der Waals surface area (Å²) >= 11 is 0. The molecule has 0 aromatic heterocycles. The second-order valence-corrected chi connectivity index (χ2v) is 3.82. The smallest absolute Gasteiger partial charge is 0.302 e. The highest BCUT2D eigenvalue weighted by Crippen LogP contribution is 2.24. The lowest BCUT2D eigenvalue weighted by Crippen LogP contribution is -2.37. The molecule has 1 rings (SSSR count). The van der Waals surface area contributed by atoms with E-state index in [1.165, 1.54) is 13.8 Å². The van der Waals surface area contributed by atoms with Crippen molar-refractivity contribution in [3.05, 3.63) is 0 Å². The number of hydrogen-bond acceptors (Lipinski definition) is 5. The molecule has 1 N–H and O–H groups in total. The number of hydrogen-bond donors (Lipinski definition) is 1. The molecule has 0 saturated heterocycles. The van der Waals surface area contributed by atoms with Gasteiger partial charge in [-0.25, -0.2) is 0 Å². The van der Waals surface area contributed by atoms with E-state index in [1.807, 2.05) is 0 Å². The molecule has 0 spiro atoms. The first-order valence-electron chi connectivity index (χ1n) is 5.00. The summed E-state index contributed by atoms with van der Waals surface area (Å²) in [5.74, 6) is -0.758. The minimum Gasteiger partial charge on any atom is -0.462 e. The van der Waals surface area contributed by atoms with Crippen molar-refractivity contribution in [1.29, 1.82) is 0 Å². The van der Waals surface area contributed by atoms with Crippen LogP contribution in [0.25, 0.3) is 0 Å². The lowest BCUT2D eigenvalue weighted by molar-refractivity contribution is -0.160. The van der Waals surface area contributed by atoms with Crippen LogP contribution in [0, 0.1) is 0 Å². The molecule has 1 unspecified atom stereocenters. The predicted octanol–water partition coefficient (Wildman–Crippen LogP) is 0.395. The Labute approximate surface area is 88.4 Å². The largest absolute Gasteiger partial charge is 0.462 e. The maximum Gasteiger partial charge on any atom is 0.302 e. The van der Waals surface area contributed by atoms with Gasteiger partial charge >= 0.3 is 11.9 Å². The average Bonchev–Trinajstić information content (AvgIpc) is 1.98. The Morgan fingerprint density at radius 2 is 1.40 bits per heavy atom. The Hall–Kier alpha value is -1.10. The number of carbonyl (C=O) groups is 2. The van der Waals surface area contributed by atoms with Crippen LogP contribution in [0.1, 0.15) is 33.1 Å². The number of aliphatic hydroxyl groups is 1. The van der Waals surface area contributed by atoms with Crippen molar-refractivity contribution < 1.29 is 24.2 Å². The molecule has 0 heterocycles. The van der Waals surface area contributed by atoms with Crippen LogP contribution in [0.5, 0.6) is 0 Å². The van der Waals surface area contributed by atoms with Gasteiger partial charge < -0.3 is 14.6 Å². The molecule has 1 saturated carbocycles. The van der Waals surface area contributed by atoms with Gasteiger partial charge in [0.2, 0.25) is 0 Å². The van der Waals surface area contributed by atoms with E-state index < -0.39 is 6.10 Å². The summed E-state index contributed by atoms with van der Waals surface area (Å²) in [7, 11) is 0. The van der Waals surface area contributed by atoms with E-state index in [-0.39, 0.29) is 24.1 Å². The molecular formula is C10H16O5. The van der Waals surface area contributed by atoms with Crippen LogP contribution in [-0.4, -0.2) is 35.4 Å². The molecule has 15 heavy (non-hydrogen) atoms. The summed E-state index contributed by atoms with van der Waals surface area (Å²) in [5.41, 5.74) is 0. The molecule has 0 bridgehead atoms. The molecule has 0 aromatic carbocycles. The summed E-state index contributed by atoms with van der Waals surface area (Å²) in [6, 6.07) is 0. The number of carbonyl (C=O) groups excluding carboxylic acids is 2. The van der Waals surface area contributed by atoms with Gasteiger partial charge in [0.1, 0.15) is 12.2 Å². The van der Waals surface area contributed by atoms with Crippen LogP contribution in [0.2, 0.25) is 0 Å². The van der Waals surface area contributed by atoms with E-state index in [1.54, 1.807) is 0 Å². The first-order chi connectivity index (χ1) is 6.97. The Morgan fingerprint density at radius 3 is 1.73 bits per heavy atom. The van der Waals surface area contributed by atoms with Crippen molar-refractivity contribution in [2.75, 3.05) is 0 Å². The van der Waals surface area contributed by atoms with Crippen LogP contribution >= 0.6 is 0 Å². The van der Waals surface area contributed by atoms with Gasteiger partial charge in [0.15, 0.2) is 0 Å². The van der Waals surface area contributed by atoms with Crippen LogP contribution < -0.4 is 0 Å². The van der Waals surface area contributed by atoms with Gasteiger partial charge in [-0.2, -0.15) is 0 Å². The molecule has 0 radical (unpaired) electrons. The predicted molar refractivity (Wildman–Crippen MR) is 51.0 cm³/mol. The third kappa shape index (κ3) is 4.29. The molecule has 5 heteroatoms. The molecular weight excluding hydrogens is 200 g/mol. The molecule has 3 atom stereocenters. The quantitative estimate of drug-likeness (QED) is 0.676. The lowest BCUT2D eigenvalue weighted by atomic mass is 9.92. The Balaban J connectivity index is 2.47. The van der Waals surface area contributed by atoms with Gasteiger partial charge in [-0.3, -0.25) is 9.59 Å². The highest BCUT2D eigenvalue weighted by molar-refractivity contribution is 5.66. The summed E-state index contributed by atoms with van der Waals surface area (Å²) < 4.78 is 9.97. The highest BCUT2D eigenvalue weighted by Gasteiger charge is 2.31. The fourth-order valence-electron chi connectivity index (χ4n) is 1.85. The summed E-state index contributed by atoms with van der Waals surface area (Å²) in [4.78, 5) is 21.5. The fraction of sp³-hybridized carbons (Fsp3) is 0.800. The zero-order chi connectivity index (χ0) is 11.4. The molecule has 1 fully saturated rings. The maximum atomic E-state index is 10.7. The minimum atomic E-state index is -0.576. The van der Waals surface area contributed by atoms with Gasteiger partial charge in [-0.1, -0.05) is 0 Å². The summed E-state index contributed by atoms with van der Waals surface area (Å²) in [5, 5.41) is 9.49. The van der Waals surface area contributed by atoms with Gasteiger partial charge in [0.25, 0.3) is 0 Å². The van der Waals surface area contributed by atoms with E-state index in [9.17, 15) is 14.7 Å². The van der Waals surface area contributed by atoms with E-state index in [4.69, 9.17) is 9.47 Å². The second kappa shape index (κ2) is 5.11. The highest BCUT2D eigenvalue weighted by atomic mass is 16.6. The first kappa shape index (κ1) is 12.0. The Bertz CT molecular complexity index is 226. The van der Waals surface area contributed by atoms with Crippen molar-refractivity contribution in [2.24, 2.45) is 0 Å². The third-order valence-corrected chi connectivity index (χ3v) is 2.26. The van der Waals surface area contributed by atoms with Gasteiger partial charge in [0.05, 0.1) is 6.10 Å². The van der Waals surface area contributed by atoms with Crippen molar-refractivity contribution >= 4 is 11.9 Å². The van der Waals surface area contributed by atoms with Crippen LogP contribution in [0.4, 0.5) is 0 Å². The first-order valence-corrected chi connectivity index (χ1v) is 5.00. The van der Waals surface area contributed by atoms with Crippen LogP contribution in [0.3, 0.4) is 0 Å². The zero-order valence-electron chi connectivity index (χ0n) is 8.93. The monoisotopic (exact) mass is 216 g/mol. The lowest BCUT2D eigenvalue weighted by Gasteiger charge is -2.31. The topological polar surface area (TPSA) is 72.8 Å². The van der Waals surface area contributed by atoms with Crippen molar-refractivity contribution in [3.8, 4) is 0 Å². The molecule has 1 aliphatic rings. The van der Waals surface area contributed by atoms with Gasteiger partial charge in [-0.05, 0) is 0 Å². The van der Waals surface area contributed by atoms with Crippen molar-refractivity contribution in [3.63, 3.8) is 0 Å². The molecule has 1 aliphatic carbocycles. The average molecular weight is 216 g/mol. The second-order valence-electron chi connectivity index (χ2n) is 3.82. The third-order valence-electron chi connectivity index (χ3n) is 2.26. The summed E-state index contributed by atoms with van der Waals surface area (Å²) in [6.07, 6.45) is 0.0175. The molecule has 86 valence electrons. The van der Waals surface area contributed by atoms with E-state index in [0.29, 0.717) is 19.3 Å². The maximum absolute atomic E-state index is 10.7. The Morgan fingerprint density at radius 1 is 1.00 bits per heavy atom. The minimum absolute atomic E-state index is 0.351. The molecule has 0 aromatic rings. The van der Waals surface area contributed by atoms with Crippen LogP contribution in [-0.2, 0) is 19.1 Å². The van der Waals surface area contributed by atoms with Crippen molar-refractivity contribution in [2.45, 2.75) is 51.4 Å². The van der Waals surface area contributed by atoms with E-state index >= 15 is 0 Å². The Kier molecular flexibility index (Phi) is 4.08. The fourth-order valence-corrected chi connectivity index (χ4v) is 1.85. The van der Waals surface area contributed by atoms with Gasteiger partial charge in [0, 0.05) is 33.1 Å². The molecule has 0 aliphatic heterocycles. The zero-order valence-corrected chi connectivity index (χ0v) is 8.93. The van der Waals surface area contributed by atoms with Crippen LogP contribution in [0.15, 0.2) is 0 Å². The molecule has 5 nitrogen and oxygen atoms in total. The van der Waals surface area contributed by atoms with E-state index in [0.717, 1.165) is 0 Å².